The second-order valence-corrected chi connectivity index (χ2v) is 8.84. The SMILES string of the molecule is Cc1[nH]c2ccccc2c1C(=O)CN1CCN(Cc2nc3ccccc3s2)CC1. The zero-order valence-electron chi connectivity index (χ0n) is 16.5. The Bertz CT molecular complexity index is 1140. The summed E-state index contributed by atoms with van der Waals surface area (Å²) in [5.41, 5.74) is 3.93. The number of fused-ring (bicyclic) bond motifs is 2. The molecule has 148 valence electrons. The molecule has 0 spiro atoms. The standard InChI is InChI=1S/C23H24N4OS/c1-16-23(17-6-2-3-7-18(17)24-16)20(28)14-26-10-12-27(13-11-26)15-22-25-19-8-4-5-9-21(19)29-22/h2-9,24H,10-15H2,1H3. The number of nitrogens with one attached hydrogen (secondary N) is 1. The zero-order chi connectivity index (χ0) is 19.8. The van der Waals surface area contributed by atoms with Crippen LogP contribution in [0.1, 0.15) is 21.1 Å². The van der Waals surface area contributed by atoms with Crippen molar-refractivity contribution in [1.82, 2.24) is 19.8 Å². The van der Waals surface area contributed by atoms with Crippen molar-refractivity contribution in [1.29, 1.82) is 0 Å². The van der Waals surface area contributed by atoms with E-state index in [4.69, 9.17) is 4.98 Å². The van der Waals surface area contributed by atoms with Crippen molar-refractivity contribution in [3.63, 3.8) is 0 Å². The minimum atomic E-state index is 0.208. The number of rotatable bonds is 5. The molecule has 0 saturated carbocycles. The summed E-state index contributed by atoms with van der Waals surface area (Å²) in [5, 5.41) is 2.20. The Hall–Kier alpha value is -2.54. The zero-order valence-corrected chi connectivity index (χ0v) is 17.3. The lowest BCUT2D eigenvalue weighted by Crippen LogP contribution is -2.47. The molecule has 0 bridgehead atoms. The number of nitrogens with zero attached hydrogens (tertiary/aromatic N) is 3. The van der Waals surface area contributed by atoms with E-state index in [1.165, 1.54) is 9.71 Å². The van der Waals surface area contributed by atoms with Crippen LogP contribution >= 0.6 is 11.3 Å². The number of aromatic nitrogens is 2. The van der Waals surface area contributed by atoms with E-state index >= 15 is 0 Å². The van der Waals surface area contributed by atoms with E-state index in [9.17, 15) is 4.79 Å². The molecule has 6 heteroatoms. The lowest BCUT2D eigenvalue weighted by molar-refractivity contribution is 0.0844. The highest BCUT2D eigenvalue weighted by atomic mass is 32.1. The number of benzene rings is 2. The molecular weight excluding hydrogens is 380 g/mol. The lowest BCUT2D eigenvalue weighted by atomic mass is 10.1. The smallest absolute Gasteiger partial charge is 0.179 e. The fourth-order valence-corrected chi connectivity index (χ4v) is 5.21. The van der Waals surface area contributed by atoms with Crippen molar-refractivity contribution in [3.05, 3.63) is 64.8 Å². The van der Waals surface area contributed by atoms with E-state index in [-0.39, 0.29) is 5.78 Å². The lowest BCUT2D eigenvalue weighted by Gasteiger charge is -2.33. The fourth-order valence-electron chi connectivity index (χ4n) is 4.20. The average molecular weight is 405 g/mol. The first-order valence-corrected chi connectivity index (χ1v) is 10.9. The molecule has 3 heterocycles. The van der Waals surface area contributed by atoms with Gasteiger partial charge in [-0.15, -0.1) is 11.3 Å². The Labute approximate surface area is 174 Å². The van der Waals surface area contributed by atoms with Crippen LogP contribution in [-0.4, -0.2) is 58.3 Å². The molecule has 1 aliphatic rings. The number of ketones is 1. The van der Waals surface area contributed by atoms with Crippen LogP contribution in [0, 0.1) is 6.92 Å². The number of carbonyl (C=O) groups is 1. The highest BCUT2D eigenvalue weighted by Gasteiger charge is 2.23. The Morgan fingerprint density at radius 1 is 1.03 bits per heavy atom. The number of thiazole rings is 1. The largest absolute Gasteiger partial charge is 0.358 e. The predicted molar refractivity (Wildman–Crippen MR) is 119 cm³/mol. The quantitative estimate of drug-likeness (QED) is 0.509. The number of aromatic amines is 1. The first-order valence-electron chi connectivity index (χ1n) is 10.1. The van der Waals surface area contributed by atoms with E-state index in [1.54, 1.807) is 11.3 Å². The molecule has 2 aromatic heterocycles. The number of para-hydroxylation sites is 2. The number of aryl methyl sites for hydroxylation is 1. The van der Waals surface area contributed by atoms with E-state index < -0.39 is 0 Å². The van der Waals surface area contributed by atoms with Crippen molar-refractivity contribution in [2.45, 2.75) is 13.5 Å². The number of H-pyrrole nitrogens is 1. The molecule has 1 fully saturated rings. The van der Waals surface area contributed by atoms with Crippen LogP contribution in [0.3, 0.4) is 0 Å². The monoisotopic (exact) mass is 404 g/mol. The first kappa shape index (κ1) is 18.5. The van der Waals surface area contributed by atoms with Gasteiger partial charge in [0.1, 0.15) is 5.01 Å². The summed E-state index contributed by atoms with van der Waals surface area (Å²) >= 11 is 1.78. The van der Waals surface area contributed by atoms with Gasteiger partial charge in [-0.2, -0.15) is 0 Å². The first-order chi connectivity index (χ1) is 14.2. The van der Waals surface area contributed by atoms with Crippen molar-refractivity contribution in [3.8, 4) is 0 Å². The van der Waals surface area contributed by atoms with Gasteiger partial charge in [0.15, 0.2) is 5.78 Å². The van der Waals surface area contributed by atoms with Crippen LogP contribution in [0.5, 0.6) is 0 Å². The third-order valence-corrected chi connectivity index (χ3v) is 6.72. The minimum Gasteiger partial charge on any atom is -0.358 e. The Morgan fingerprint density at radius 3 is 2.59 bits per heavy atom. The highest BCUT2D eigenvalue weighted by Crippen LogP contribution is 2.24. The van der Waals surface area contributed by atoms with Crippen molar-refractivity contribution in [2.75, 3.05) is 32.7 Å². The second kappa shape index (κ2) is 7.71. The molecule has 0 radical (unpaired) electrons. The van der Waals surface area contributed by atoms with Crippen LogP contribution in [0.2, 0.25) is 0 Å². The van der Waals surface area contributed by atoms with E-state index in [0.717, 1.165) is 60.4 Å². The van der Waals surface area contributed by atoms with Crippen molar-refractivity contribution >= 4 is 38.2 Å². The molecule has 1 aliphatic heterocycles. The van der Waals surface area contributed by atoms with E-state index in [0.29, 0.717) is 6.54 Å². The Balaban J connectivity index is 1.20. The normalized spacial score (nSPS) is 16.0. The summed E-state index contributed by atoms with van der Waals surface area (Å²) < 4.78 is 1.25. The van der Waals surface area contributed by atoms with E-state index in [2.05, 4.69) is 33.0 Å². The summed E-state index contributed by atoms with van der Waals surface area (Å²) in [7, 11) is 0. The molecule has 0 aliphatic carbocycles. The van der Waals surface area contributed by atoms with Crippen LogP contribution in [-0.2, 0) is 6.54 Å². The van der Waals surface area contributed by atoms with Gasteiger partial charge in [-0.25, -0.2) is 4.98 Å². The number of carbonyl (C=O) groups excluding carboxylic acids is 1. The number of Topliss-reactive ketones (excluding diaryl/α,β-unsaturated/α-hetero) is 1. The molecule has 4 aromatic rings. The maximum atomic E-state index is 13.0. The molecule has 29 heavy (non-hydrogen) atoms. The molecule has 2 aromatic carbocycles. The van der Waals surface area contributed by atoms with Gasteiger partial charge in [0.25, 0.3) is 0 Å². The molecule has 0 unspecified atom stereocenters. The maximum absolute atomic E-state index is 13.0. The molecule has 0 amide bonds. The molecule has 5 nitrogen and oxygen atoms in total. The van der Waals surface area contributed by atoms with Crippen LogP contribution in [0.15, 0.2) is 48.5 Å². The maximum Gasteiger partial charge on any atom is 0.179 e. The van der Waals surface area contributed by atoms with Crippen LogP contribution < -0.4 is 0 Å². The van der Waals surface area contributed by atoms with Gasteiger partial charge < -0.3 is 4.98 Å². The van der Waals surface area contributed by atoms with Gasteiger partial charge in [-0.3, -0.25) is 14.6 Å². The molecule has 5 rings (SSSR count). The molecule has 0 atom stereocenters. The molecule has 1 N–H and O–H groups in total. The van der Waals surface area contributed by atoms with Crippen molar-refractivity contribution in [2.24, 2.45) is 0 Å². The third kappa shape index (κ3) is 3.71. The molecule has 1 saturated heterocycles. The Morgan fingerprint density at radius 2 is 1.76 bits per heavy atom. The third-order valence-electron chi connectivity index (χ3n) is 5.70. The van der Waals surface area contributed by atoms with Crippen LogP contribution in [0.4, 0.5) is 0 Å². The van der Waals surface area contributed by atoms with Gasteiger partial charge in [-0.1, -0.05) is 30.3 Å². The van der Waals surface area contributed by atoms with E-state index in [1.807, 2.05) is 37.3 Å². The van der Waals surface area contributed by atoms with Gasteiger partial charge in [0, 0.05) is 48.3 Å². The number of hydrogen-bond donors (Lipinski definition) is 1. The number of piperazine rings is 1. The molecular formula is C23H24N4OS. The average Bonchev–Trinajstić information content (AvgIpc) is 3.28. The summed E-state index contributed by atoms with van der Waals surface area (Å²) in [6, 6.07) is 16.4. The minimum absolute atomic E-state index is 0.208. The van der Waals surface area contributed by atoms with Crippen molar-refractivity contribution < 1.29 is 4.79 Å². The van der Waals surface area contributed by atoms with Crippen LogP contribution in [0.25, 0.3) is 21.1 Å². The summed E-state index contributed by atoms with van der Waals surface area (Å²) in [6.45, 7) is 7.13. The second-order valence-electron chi connectivity index (χ2n) is 7.72. The summed E-state index contributed by atoms with van der Waals surface area (Å²) in [6.07, 6.45) is 0. The highest BCUT2D eigenvalue weighted by molar-refractivity contribution is 7.18. The van der Waals surface area contributed by atoms with Gasteiger partial charge >= 0.3 is 0 Å². The van der Waals surface area contributed by atoms with Gasteiger partial charge in [0.05, 0.1) is 23.3 Å². The summed E-state index contributed by atoms with van der Waals surface area (Å²) in [4.78, 5) is 25.8. The number of hydrogen-bond acceptors (Lipinski definition) is 5. The predicted octanol–water partition coefficient (Wildman–Crippen LogP) is 4.09. The Kier molecular flexibility index (Phi) is 4.91. The van der Waals surface area contributed by atoms with Gasteiger partial charge in [-0.05, 0) is 25.1 Å². The fraction of sp³-hybridized carbons (Fsp3) is 0.304. The topological polar surface area (TPSA) is 52.2 Å². The van der Waals surface area contributed by atoms with Gasteiger partial charge in [0.2, 0.25) is 0 Å². The summed E-state index contributed by atoms with van der Waals surface area (Å²) in [5.74, 6) is 0.208.